The predicted octanol–water partition coefficient (Wildman–Crippen LogP) is 7.05. The fraction of sp³-hybridized carbons (Fsp3) is 0.314. The Kier molecular flexibility index (Phi) is 9.77. The van der Waals surface area contributed by atoms with Crippen LogP contribution in [0.4, 0.5) is 4.39 Å². The van der Waals surface area contributed by atoms with Crippen LogP contribution in [-0.4, -0.2) is 39.3 Å². The number of amides is 2. The molecule has 5 nitrogen and oxygen atoms in total. The molecule has 41 heavy (non-hydrogen) atoms. The standard InChI is InChI=1S/C35H40FN3O2/c1-5-21-38(34(41)29-15-17-30(18-16-29)35(2,3)4)26-33(40)39(24-27-10-7-6-8-11-27)25-32-12-9-22-37(32)23-28-13-19-31(36)20-14-28/h6-20,22H,5,21,23-26H2,1-4H3. The minimum atomic E-state index is -0.266. The second-order valence-electron chi connectivity index (χ2n) is 11.5. The molecule has 0 aliphatic rings. The van der Waals surface area contributed by atoms with Gasteiger partial charge in [-0.25, -0.2) is 4.39 Å². The average molecular weight is 554 g/mol. The van der Waals surface area contributed by atoms with Gasteiger partial charge < -0.3 is 14.4 Å². The Morgan fingerprint density at radius 1 is 0.780 bits per heavy atom. The Balaban J connectivity index is 1.54. The van der Waals surface area contributed by atoms with Gasteiger partial charge >= 0.3 is 0 Å². The van der Waals surface area contributed by atoms with E-state index in [4.69, 9.17) is 0 Å². The van der Waals surface area contributed by atoms with Gasteiger partial charge in [0.2, 0.25) is 5.91 Å². The number of hydrogen-bond acceptors (Lipinski definition) is 2. The topological polar surface area (TPSA) is 45.6 Å². The summed E-state index contributed by atoms with van der Waals surface area (Å²) < 4.78 is 15.5. The Bertz CT molecular complexity index is 1420. The molecule has 0 saturated heterocycles. The summed E-state index contributed by atoms with van der Waals surface area (Å²) in [7, 11) is 0. The van der Waals surface area contributed by atoms with Crippen LogP contribution in [0.25, 0.3) is 0 Å². The maximum atomic E-state index is 13.9. The number of hydrogen-bond donors (Lipinski definition) is 0. The Labute approximate surface area is 243 Å². The van der Waals surface area contributed by atoms with Crippen LogP contribution in [-0.2, 0) is 29.8 Å². The van der Waals surface area contributed by atoms with E-state index >= 15 is 0 Å². The lowest BCUT2D eigenvalue weighted by atomic mass is 9.86. The molecule has 4 rings (SSSR count). The number of benzene rings is 3. The summed E-state index contributed by atoms with van der Waals surface area (Å²) in [5.41, 5.74) is 4.69. The van der Waals surface area contributed by atoms with Crippen molar-refractivity contribution < 1.29 is 14.0 Å². The van der Waals surface area contributed by atoms with Gasteiger partial charge in [-0.3, -0.25) is 9.59 Å². The van der Waals surface area contributed by atoms with Crippen molar-refractivity contribution in [2.75, 3.05) is 13.1 Å². The molecular weight excluding hydrogens is 513 g/mol. The van der Waals surface area contributed by atoms with Crippen molar-refractivity contribution in [1.29, 1.82) is 0 Å². The second kappa shape index (κ2) is 13.4. The second-order valence-corrected chi connectivity index (χ2v) is 11.5. The van der Waals surface area contributed by atoms with E-state index in [0.29, 0.717) is 31.7 Å². The third kappa shape index (κ3) is 8.16. The molecular formula is C35H40FN3O2. The van der Waals surface area contributed by atoms with Gasteiger partial charge in [0.05, 0.1) is 6.54 Å². The molecule has 0 fully saturated rings. The van der Waals surface area contributed by atoms with E-state index in [1.54, 1.807) is 17.0 Å². The van der Waals surface area contributed by atoms with Crippen LogP contribution >= 0.6 is 0 Å². The van der Waals surface area contributed by atoms with Crippen LogP contribution in [0.3, 0.4) is 0 Å². The molecule has 214 valence electrons. The monoisotopic (exact) mass is 553 g/mol. The number of carbonyl (C=O) groups is 2. The molecule has 0 unspecified atom stereocenters. The number of carbonyl (C=O) groups excluding carboxylic acids is 2. The summed E-state index contributed by atoms with van der Waals surface area (Å²) in [5, 5.41) is 0. The van der Waals surface area contributed by atoms with E-state index in [1.807, 2.05) is 84.8 Å². The van der Waals surface area contributed by atoms with Crippen molar-refractivity contribution in [2.24, 2.45) is 0 Å². The SMILES string of the molecule is CCCN(CC(=O)N(Cc1ccccc1)Cc1cccn1Cc1ccc(F)cc1)C(=O)c1ccc(C(C)(C)C)cc1. The van der Waals surface area contributed by atoms with E-state index < -0.39 is 0 Å². The molecule has 0 bridgehead atoms. The smallest absolute Gasteiger partial charge is 0.254 e. The first kappa shape index (κ1) is 29.8. The highest BCUT2D eigenvalue weighted by Crippen LogP contribution is 2.23. The van der Waals surface area contributed by atoms with E-state index in [-0.39, 0.29) is 29.6 Å². The van der Waals surface area contributed by atoms with Crippen LogP contribution < -0.4 is 0 Å². The first-order chi connectivity index (χ1) is 19.6. The van der Waals surface area contributed by atoms with Crippen molar-refractivity contribution in [3.8, 4) is 0 Å². The normalized spacial score (nSPS) is 11.3. The summed E-state index contributed by atoms with van der Waals surface area (Å²) >= 11 is 0. The van der Waals surface area contributed by atoms with E-state index in [1.165, 1.54) is 12.1 Å². The number of rotatable bonds is 11. The lowest BCUT2D eigenvalue weighted by Gasteiger charge is -2.28. The summed E-state index contributed by atoms with van der Waals surface area (Å²) in [6.45, 7) is 10.3. The minimum absolute atomic E-state index is 0.000794. The zero-order chi connectivity index (χ0) is 29.4. The molecule has 1 heterocycles. The molecule has 0 radical (unpaired) electrons. The third-order valence-electron chi connectivity index (χ3n) is 7.22. The molecule has 0 aliphatic heterocycles. The van der Waals surface area contributed by atoms with Crippen molar-refractivity contribution in [3.05, 3.63) is 131 Å². The van der Waals surface area contributed by atoms with E-state index in [2.05, 4.69) is 25.3 Å². The number of halogens is 1. The fourth-order valence-electron chi connectivity index (χ4n) is 4.85. The van der Waals surface area contributed by atoms with Gasteiger partial charge in [0, 0.05) is 37.1 Å². The summed E-state index contributed by atoms with van der Waals surface area (Å²) in [6, 6.07) is 28.0. The van der Waals surface area contributed by atoms with Crippen molar-refractivity contribution >= 4 is 11.8 Å². The van der Waals surface area contributed by atoms with Crippen molar-refractivity contribution in [2.45, 2.75) is 59.2 Å². The van der Waals surface area contributed by atoms with Gasteiger partial charge in [-0.15, -0.1) is 0 Å². The van der Waals surface area contributed by atoms with Crippen LogP contribution in [0.1, 0.15) is 66.9 Å². The zero-order valence-electron chi connectivity index (χ0n) is 24.5. The van der Waals surface area contributed by atoms with Crippen LogP contribution in [0.2, 0.25) is 0 Å². The molecule has 6 heteroatoms. The van der Waals surface area contributed by atoms with E-state index in [9.17, 15) is 14.0 Å². The highest BCUT2D eigenvalue weighted by Gasteiger charge is 2.24. The number of nitrogens with zero attached hydrogens (tertiary/aromatic N) is 3. The van der Waals surface area contributed by atoms with Crippen LogP contribution in [0.15, 0.2) is 97.2 Å². The maximum Gasteiger partial charge on any atom is 0.254 e. The molecule has 0 aliphatic carbocycles. The molecule has 0 atom stereocenters. The first-order valence-electron chi connectivity index (χ1n) is 14.2. The van der Waals surface area contributed by atoms with Gasteiger partial charge in [-0.1, -0.05) is 82.3 Å². The van der Waals surface area contributed by atoms with Crippen LogP contribution in [0.5, 0.6) is 0 Å². The Morgan fingerprint density at radius 2 is 1.46 bits per heavy atom. The van der Waals surface area contributed by atoms with Crippen LogP contribution in [0, 0.1) is 5.82 Å². The molecule has 4 aromatic rings. The highest BCUT2D eigenvalue weighted by molar-refractivity contribution is 5.96. The maximum absolute atomic E-state index is 13.9. The van der Waals surface area contributed by atoms with Gasteiger partial charge in [0.25, 0.3) is 5.91 Å². The summed E-state index contributed by atoms with van der Waals surface area (Å²) in [6.07, 6.45) is 2.72. The van der Waals surface area contributed by atoms with Gasteiger partial charge in [-0.05, 0) is 64.9 Å². The largest absolute Gasteiger partial charge is 0.345 e. The Morgan fingerprint density at radius 3 is 2.10 bits per heavy atom. The molecule has 0 spiro atoms. The van der Waals surface area contributed by atoms with Crippen molar-refractivity contribution in [3.63, 3.8) is 0 Å². The fourth-order valence-corrected chi connectivity index (χ4v) is 4.85. The molecule has 2 amide bonds. The Hall–Kier alpha value is -4.19. The molecule has 0 N–H and O–H groups in total. The van der Waals surface area contributed by atoms with Gasteiger partial charge in [0.1, 0.15) is 12.4 Å². The zero-order valence-corrected chi connectivity index (χ0v) is 24.5. The summed E-state index contributed by atoms with van der Waals surface area (Å²) in [4.78, 5) is 30.9. The van der Waals surface area contributed by atoms with Crippen molar-refractivity contribution in [1.82, 2.24) is 14.4 Å². The molecule has 3 aromatic carbocycles. The minimum Gasteiger partial charge on any atom is -0.345 e. The molecule has 0 saturated carbocycles. The quantitative estimate of drug-likeness (QED) is 0.200. The van der Waals surface area contributed by atoms with Gasteiger partial charge in [0.15, 0.2) is 0 Å². The predicted molar refractivity (Wildman–Crippen MR) is 162 cm³/mol. The van der Waals surface area contributed by atoms with E-state index in [0.717, 1.165) is 28.8 Å². The van der Waals surface area contributed by atoms with Gasteiger partial charge in [-0.2, -0.15) is 0 Å². The highest BCUT2D eigenvalue weighted by atomic mass is 19.1. The summed E-state index contributed by atoms with van der Waals surface area (Å²) in [5.74, 6) is -0.519. The lowest BCUT2D eigenvalue weighted by molar-refractivity contribution is -0.133. The number of aromatic nitrogens is 1. The average Bonchev–Trinajstić information content (AvgIpc) is 3.39. The first-order valence-corrected chi connectivity index (χ1v) is 14.2. The third-order valence-corrected chi connectivity index (χ3v) is 7.22. The lowest BCUT2D eigenvalue weighted by Crippen LogP contribution is -2.43. The molecule has 1 aromatic heterocycles.